The van der Waals surface area contributed by atoms with Crippen LogP contribution in [0.15, 0.2) is 41.6 Å². The van der Waals surface area contributed by atoms with E-state index >= 15 is 0 Å². The number of carbonyl (C=O) groups excluding carboxylic acids is 1. The highest BCUT2D eigenvalue weighted by atomic mass is 32.2. The van der Waals surface area contributed by atoms with Crippen LogP contribution in [-0.4, -0.2) is 53.4 Å². The Labute approximate surface area is 147 Å². The van der Waals surface area contributed by atoms with E-state index in [-0.39, 0.29) is 5.91 Å². The maximum atomic E-state index is 12.1. The lowest BCUT2D eigenvalue weighted by molar-refractivity contribution is -0.128. The van der Waals surface area contributed by atoms with E-state index in [4.69, 9.17) is 4.74 Å². The number of imidazole rings is 1. The number of hydrogen-bond acceptors (Lipinski definition) is 4. The summed E-state index contributed by atoms with van der Waals surface area (Å²) >= 11 is 1.73. The molecule has 0 bridgehead atoms. The van der Waals surface area contributed by atoms with Gasteiger partial charge in [0.1, 0.15) is 5.82 Å². The zero-order valence-electron chi connectivity index (χ0n) is 14.1. The maximum absolute atomic E-state index is 12.1. The third-order valence-electron chi connectivity index (χ3n) is 4.38. The average molecular weight is 345 g/mol. The molecule has 1 aromatic heterocycles. The minimum absolute atomic E-state index is 0.225. The summed E-state index contributed by atoms with van der Waals surface area (Å²) in [5.74, 6) is 1.52. The summed E-state index contributed by atoms with van der Waals surface area (Å²) in [4.78, 5) is 19.8. The molecular formula is C18H23N3O2S. The molecule has 1 saturated heterocycles. The highest BCUT2D eigenvalue weighted by Crippen LogP contribution is 2.30. The molecule has 0 saturated carbocycles. The molecule has 24 heavy (non-hydrogen) atoms. The van der Waals surface area contributed by atoms with E-state index in [0.717, 1.165) is 24.5 Å². The number of methoxy groups -OCH3 is 1. The van der Waals surface area contributed by atoms with Gasteiger partial charge in [-0.2, -0.15) is 0 Å². The molecule has 1 unspecified atom stereocenters. The molecule has 0 N–H and O–H groups in total. The fourth-order valence-corrected chi connectivity index (χ4v) is 3.80. The van der Waals surface area contributed by atoms with Crippen LogP contribution in [0.5, 0.6) is 0 Å². The van der Waals surface area contributed by atoms with Crippen molar-refractivity contribution in [3.05, 3.63) is 36.7 Å². The van der Waals surface area contributed by atoms with Crippen molar-refractivity contribution in [2.75, 3.05) is 33.1 Å². The van der Waals surface area contributed by atoms with Gasteiger partial charge >= 0.3 is 0 Å². The molecule has 3 rings (SSSR count). The Balaban J connectivity index is 1.74. The predicted molar refractivity (Wildman–Crippen MR) is 96.0 cm³/mol. The van der Waals surface area contributed by atoms with Crippen LogP contribution < -0.4 is 0 Å². The molecule has 0 aliphatic carbocycles. The van der Waals surface area contributed by atoms with E-state index in [9.17, 15) is 4.79 Å². The van der Waals surface area contributed by atoms with E-state index in [1.165, 1.54) is 4.90 Å². The average Bonchev–Trinajstić information content (AvgIpc) is 3.19. The number of ether oxygens (including phenoxy) is 1. The standard InChI is InChI=1S/C18H23N3O2S/c1-23-10-9-20-12-14(11-17(20)22)13-21-8-7-19-18(21)15-5-3-4-6-16(15)24-2/h3-8,14H,9-13H2,1-2H3. The van der Waals surface area contributed by atoms with Crippen molar-refractivity contribution >= 4 is 17.7 Å². The molecule has 1 aromatic carbocycles. The summed E-state index contributed by atoms with van der Waals surface area (Å²) in [6.45, 7) is 2.88. The number of carbonyl (C=O) groups is 1. The van der Waals surface area contributed by atoms with Gasteiger partial charge in [-0.05, 0) is 12.3 Å². The molecule has 1 amide bonds. The van der Waals surface area contributed by atoms with Gasteiger partial charge in [-0.15, -0.1) is 11.8 Å². The summed E-state index contributed by atoms with van der Waals surface area (Å²) in [5, 5.41) is 0. The van der Waals surface area contributed by atoms with E-state index in [1.54, 1.807) is 18.9 Å². The van der Waals surface area contributed by atoms with Gasteiger partial charge in [0.05, 0.1) is 6.61 Å². The number of likely N-dealkylation sites (tertiary alicyclic amines) is 1. The molecular weight excluding hydrogens is 322 g/mol. The van der Waals surface area contributed by atoms with Gasteiger partial charge in [0.15, 0.2) is 0 Å². The number of nitrogens with zero attached hydrogens (tertiary/aromatic N) is 3. The van der Waals surface area contributed by atoms with Crippen LogP contribution in [-0.2, 0) is 16.1 Å². The number of aromatic nitrogens is 2. The van der Waals surface area contributed by atoms with Crippen LogP contribution in [0.4, 0.5) is 0 Å². The lowest BCUT2D eigenvalue weighted by atomic mass is 10.1. The molecule has 0 radical (unpaired) electrons. The SMILES string of the molecule is COCCN1CC(Cn2ccnc2-c2ccccc2SC)CC1=O. The minimum Gasteiger partial charge on any atom is -0.383 e. The lowest BCUT2D eigenvalue weighted by Crippen LogP contribution is -2.29. The van der Waals surface area contributed by atoms with Crippen molar-refractivity contribution in [3.63, 3.8) is 0 Å². The van der Waals surface area contributed by atoms with Crippen molar-refractivity contribution in [1.82, 2.24) is 14.5 Å². The lowest BCUT2D eigenvalue weighted by Gasteiger charge is -2.17. The van der Waals surface area contributed by atoms with Gasteiger partial charge in [0.25, 0.3) is 0 Å². The molecule has 1 fully saturated rings. The van der Waals surface area contributed by atoms with E-state index in [0.29, 0.717) is 25.5 Å². The molecule has 1 aliphatic heterocycles. The van der Waals surface area contributed by atoms with E-state index in [1.807, 2.05) is 29.4 Å². The van der Waals surface area contributed by atoms with Crippen molar-refractivity contribution in [2.24, 2.45) is 5.92 Å². The van der Waals surface area contributed by atoms with Crippen LogP contribution in [0, 0.1) is 5.92 Å². The first-order chi connectivity index (χ1) is 11.7. The van der Waals surface area contributed by atoms with Crippen LogP contribution in [0.3, 0.4) is 0 Å². The quantitative estimate of drug-likeness (QED) is 0.724. The zero-order valence-corrected chi connectivity index (χ0v) is 15.0. The van der Waals surface area contributed by atoms with Crippen LogP contribution in [0.2, 0.25) is 0 Å². The highest BCUT2D eigenvalue weighted by Gasteiger charge is 2.29. The number of amides is 1. The van der Waals surface area contributed by atoms with Gasteiger partial charge in [-0.3, -0.25) is 4.79 Å². The Morgan fingerprint density at radius 1 is 1.38 bits per heavy atom. The van der Waals surface area contributed by atoms with Crippen molar-refractivity contribution in [1.29, 1.82) is 0 Å². The third-order valence-corrected chi connectivity index (χ3v) is 5.17. The van der Waals surface area contributed by atoms with Gasteiger partial charge in [-0.25, -0.2) is 4.98 Å². The summed E-state index contributed by atoms with van der Waals surface area (Å²) in [6.07, 6.45) is 6.53. The summed E-state index contributed by atoms with van der Waals surface area (Å²) in [7, 11) is 1.67. The fraction of sp³-hybridized carbons (Fsp3) is 0.444. The fourth-order valence-electron chi connectivity index (χ4n) is 3.20. The largest absolute Gasteiger partial charge is 0.383 e. The van der Waals surface area contributed by atoms with Crippen molar-refractivity contribution < 1.29 is 9.53 Å². The van der Waals surface area contributed by atoms with E-state index in [2.05, 4.69) is 27.9 Å². The molecule has 1 aliphatic rings. The Bertz CT molecular complexity index is 701. The van der Waals surface area contributed by atoms with Gasteiger partial charge in [0.2, 0.25) is 5.91 Å². The first kappa shape index (κ1) is 17.0. The summed E-state index contributed by atoms with van der Waals surface area (Å²) in [5.41, 5.74) is 1.15. The van der Waals surface area contributed by atoms with Gasteiger partial charge in [0, 0.05) is 61.9 Å². The topological polar surface area (TPSA) is 47.4 Å². The maximum Gasteiger partial charge on any atom is 0.223 e. The minimum atomic E-state index is 0.225. The molecule has 6 heteroatoms. The number of rotatable bonds is 7. The van der Waals surface area contributed by atoms with Crippen molar-refractivity contribution in [2.45, 2.75) is 17.9 Å². The predicted octanol–water partition coefficient (Wildman–Crippen LogP) is 2.77. The second kappa shape index (κ2) is 7.85. The number of thioether (sulfide) groups is 1. The Kier molecular flexibility index (Phi) is 5.58. The Morgan fingerprint density at radius 2 is 2.21 bits per heavy atom. The normalized spacial score (nSPS) is 17.7. The number of hydrogen-bond donors (Lipinski definition) is 0. The summed E-state index contributed by atoms with van der Waals surface area (Å²) < 4.78 is 7.26. The molecule has 128 valence electrons. The molecule has 5 nitrogen and oxygen atoms in total. The first-order valence-electron chi connectivity index (χ1n) is 8.14. The molecule has 2 aromatic rings. The van der Waals surface area contributed by atoms with Crippen LogP contribution in [0.1, 0.15) is 6.42 Å². The van der Waals surface area contributed by atoms with Crippen molar-refractivity contribution in [3.8, 4) is 11.4 Å². The number of benzene rings is 1. The zero-order chi connectivity index (χ0) is 16.9. The third kappa shape index (κ3) is 3.65. The highest BCUT2D eigenvalue weighted by molar-refractivity contribution is 7.98. The molecule has 2 heterocycles. The van der Waals surface area contributed by atoms with Crippen LogP contribution in [0.25, 0.3) is 11.4 Å². The van der Waals surface area contributed by atoms with E-state index < -0.39 is 0 Å². The first-order valence-corrected chi connectivity index (χ1v) is 9.36. The molecule has 0 spiro atoms. The Hall–Kier alpha value is -1.79. The monoisotopic (exact) mass is 345 g/mol. The summed E-state index contributed by atoms with van der Waals surface area (Å²) in [6, 6.07) is 8.31. The molecule has 1 atom stereocenters. The van der Waals surface area contributed by atoms with Crippen LogP contribution >= 0.6 is 11.8 Å². The second-order valence-electron chi connectivity index (χ2n) is 6.01. The van der Waals surface area contributed by atoms with Gasteiger partial charge < -0.3 is 14.2 Å². The second-order valence-corrected chi connectivity index (χ2v) is 6.85. The smallest absolute Gasteiger partial charge is 0.223 e. The van der Waals surface area contributed by atoms with Gasteiger partial charge in [-0.1, -0.05) is 18.2 Å². The Morgan fingerprint density at radius 3 is 3.00 bits per heavy atom.